The van der Waals surface area contributed by atoms with Crippen molar-refractivity contribution in [3.63, 3.8) is 0 Å². The predicted molar refractivity (Wildman–Crippen MR) is 84.9 cm³/mol. The van der Waals surface area contributed by atoms with Crippen molar-refractivity contribution in [2.24, 2.45) is 5.73 Å². The van der Waals surface area contributed by atoms with E-state index in [4.69, 9.17) is 5.73 Å². The van der Waals surface area contributed by atoms with E-state index in [1.54, 1.807) is 19.9 Å². The Kier molecular flexibility index (Phi) is 4.63. The van der Waals surface area contributed by atoms with E-state index in [1.807, 2.05) is 30.3 Å². The van der Waals surface area contributed by atoms with Gasteiger partial charge >= 0.3 is 0 Å². The minimum atomic E-state index is -3.74. The van der Waals surface area contributed by atoms with Crippen LogP contribution in [-0.4, -0.2) is 14.3 Å². The molecule has 0 bridgehead atoms. The molecule has 2 aromatic carbocycles. The van der Waals surface area contributed by atoms with Gasteiger partial charge in [0.1, 0.15) is 0 Å². The van der Waals surface area contributed by atoms with Crippen molar-refractivity contribution in [2.45, 2.75) is 24.8 Å². The monoisotopic (exact) mass is 318 g/mol. The number of aryl methyl sites for hydroxylation is 1. The molecule has 0 aliphatic carbocycles. The summed E-state index contributed by atoms with van der Waals surface area (Å²) in [6, 6.07) is 13.2. The summed E-state index contributed by atoms with van der Waals surface area (Å²) in [6.45, 7) is 3.46. The zero-order chi connectivity index (χ0) is 16.3. The molecule has 1 atom stereocenters. The molecule has 0 heterocycles. The van der Waals surface area contributed by atoms with Gasteiger partial charge in [-0.15, -0.1) is 0 Å². The lowest BCUT2D eigenvalue weighted by atomic mass is 10.1. The maximum absolute atomic E-state index is 12.4. The molecule has 2 aromatic rings. The number of nitrogens with two attached hydrogens (primary N) is 1. The summed E-state index contributed by atoms with van der Waals surface area (Å²) >= 11 is 0. The average Bonchev–Trinajstić information content (AvgIpc) is 2.47. The number of carbonyl (C=O) groups excluding carboxylic acids is 1. The summed E-state index contributed by atoms with van der Waals surface area (Å²) < 4.78 is 27.5. The number of primary amides is 1. The SMILES string of the molecule is Cc1ccc(S(=O)(=O)NC(C)c2ccccc2)cc1C(N)=O. The quantitative estimate of drug-likeness (QED) is 0.885. The largest absolute Gasteiger partial charge is 0.366 e. The lowest BCUT2D eigenvalue weighted by Crippen LogP contribution is -2.27. The summed E-state index contributed by atoms with van der Waals surface area (Å²) in [4.78, 5) is 11.4. The van der Waals surface area contributed by atoms with E-state index < -0.39 is 15.9 Å². The maximum atomic E-state index is 12.4. The first-order valence-corrected chi connectivity index (χ1v) is 8.27. The van der Waals surface area contributed by atoms with Crippen molar-refractivity contribution in [1.29, 1.82) is 0 Å². The van der Waals surface area contributed by atoms with Gasteiger partial charge in [0.15, 0.2) is 0 Å². The molecule has 2 rings (SSSR count). The topological polar surface area (TPSA) is 89.3 Å². The van der Waals surface area contributed by atoms with Crippen LogP contribution in [0.15, 0.2) is 53.4 Å². The van der Waals surface area contributed by atoms with Gasteiger partial charge in [-0.1, -0.05) is 36.4 Å². The van der Waals surface area contributed by atoms with Crippen LogP contribution in [0.4, 0.5) is 0 Å². The lowest BCUT2D eigenvalue weighted by Gasteiger charge is -2.15. The van der Waals surface area contributed by atoms with Crippen LogP contribution in [0.5, 0.6) is 0 Å². The van der Waals surface area contributed by atoms with Crippen LogP contribution in [0.1, 0.15) is 34.5 Å². The van der Waals surface area contributed by atoms with Crippen LogP contribution < -0.4 is 10.5 Å². The molecule has 1 amide bonds. The summed E-state index contributed by atoms with van der Waals surface area (Å²) in [5, 5.41) is 0. The highest BCUT2D eigenvalue weighted by molar-refractivity contribution is 7.89. The van der Waals surface area contributed by atoms with Gasteiger partial charge in [-0.05, 0) is 37.1 Å². The second-order valence-corrected chi connectivity index (χ2v) is 6.81. The Morgan fingerprint density at radius 3 is 2.36 bits per heavy atom. The van der Waals surface area contributed by atoms with E-state index in [0.29, 0.717) is 5.56 Å². The molecule has 1 unspecified atom stereocenters. The summed E-state index contributed by atoms with van der Waals surface area (Å²) in [6.07, 6.45) is 0. The number of nitrogens with one attached hydrogen (secondary N) is 1. The molecule has 0 radical (unpaired) electrons. The van der Waals surface area contributed by atoms with Gasteiger partial charge in [-0.25, -0.2) is 13.1 Å². The first kappa shape index (κ1) is 16.2. The van der Waals surface area contributed by atoms with Crippen molar-refractivity contribution >= 4 is 15.9 Å². The molecule has 0 aliphatic rings. The van der Waals surface area contributed by atoms with Crippen molar-refractivity contribution in [3.05, 3.63) is 65.2 Å². The maximum Gasteiger partial charge on any atom is 0.249 e. The molecular weight excluding hydrogens is 300 g/mol. The standard InChI is InChI=1S/C16H18N2O3S/c1-11-8-9-14(10-15(11)16(17)19)22(20,21)18-12(2)13-6-4-3-5-7-13/h3-10,12,18H,1-2H3,(H2,17,19). The number of amides is 1. The van der Waals surface area contributed by atoms with Crippen LogP contribution in [0, 0.1) is 6.92 Å². The minimum Gasteiger partial charge on any atom is -0.366 e. The van der Waals surface area contributed by atoms with Gasteiger partial charge in [-0.3, -0.25) is 4.79 Å². The number of rotatable bonds is 5. The molecule has 0 fully saturated rings. The van der Waals surface area contributed by atoms with Crippen LogP contribution in [-0.2, 0) is 10.0 Å². The van der Waals surface area contributed by atoms with E-state index in [-0.39, 0.29) is 16.5 Å². The Bertz CT molecular complexity index is 786. The molecule has 0 saturated heterocycles. The Morgan fingerprint density at radius 1 is 1.14 bits per heavy atom. The van der Waals surface area contributed by atoms with E-state index in [2.05, 4.69) is 4.72 Å². The molecule has 5 nitrogen and oxygen atoms in total. The van der Waals surface area contributed by atoms with Gasteiger partial charge in [0.2, 0.25) is 15.9 Å². The highest BCUT2D eigenvalue weighted by atomic mass is 32.2. The van der Waals surface area contributed by atoms with Gasteiger partial charge in [0.05, 0.1) is 4.90 Å². The molecular formula is C16H18N2O3S. The third-order valence-electron chi connectivity index (χ3n) is 3.42. The number of hydrogen-bond acceptors (Lipinski definition) is 3. The summed E-state index contributed by atoms with van der Waals surface area (Å²) in [5.74, 6) is -0.648. The zero-order valence-corrected chi connectivity index (χ0v) is 13.2. The fraction of sp³-hybridized carbons (Fsp3) is 0.188. The highest BCUT2D eigenvalue weighted by Crippen LogP contribution is 2.19. The Hall–Kier alpha value is -2.18. The van der Waals surface area contributed by atoms with E-state index >= 15 is 0 Å². The first-order valence-electron chi connectivity index (χ1n) is 6.79. The van der Waals surface area contributed by atoms with Crippen LogP contribution in [0.3, 0.4) is 0 Å². The molecule has 3 N–H and O–H groups in total. The molecule has 22 heavy (non-hydrogen) atoms. The Morgan fingerprint density at radius 2 is 1.77 bits per heavy atom. The molecule has 0 aromatic heterocycles. The summed E-state index contributed by atoms with van der Waals surface area (Å²) in [5.41, 5.74) is 6.97. The number of hydrogen-bond donors (Lipinski definition) is 2. The van der Waals surface area contributed by atoms with Crippen LogP contribution >= 0.6 is 0 Å². The second-order valence-electron chi connectivity index (χ2n) is 5.09. The Labute approximate surface area is 130 Å². The average molecular weight is 318 g/mol. The lowest BCUT2D eigenvalue weighted by molar-refractivity contribution is 0.0999. The third-order valence-corrected chi connectivity index (χ3v) is 4.95. The molecule has 0 spiro atoms. The highest BCUT2D eigenvalue weighted by Gasteiger charge is 2.20. The van der Waals surface area contributed by atoms with Gasteiger partial charge in [0.25, 0.3) is 0 Å². The van der Waals surface area contributed by atoms with Crippen molar-refractivity contribution in [2.75, 3.05) is 0 Å². The second kappa shape index (κ2) is 6.29. The van der Waals surface area contributed by atoms with Gasteiger partial charge < -0.3 is 5.73 Å². The van der Waals surface area contributed by atoms with Crippen molar-refractivity contribution in [1.82, 2.24) is 4.72 Å². The minimum absolute atomic E-state index is 0.0229. The number of benzene rings is 2. The van der Waals surface area contributed by atoms with Crippen molar-refractivity contribution in [3.8, 4) is 0 Å². The molecule has 6 heteroatoms. The number of sulfonamides is 1. The third kappa shape index (κ3) is 3.52. The summed E-state index contributed by atoms with van der Waals surface area (Å²) in [7, 11) is -3.74. The van der Waals surface area contributed by atoms with Crippen molar-refractivity contribution < 1.29 is 13.2 Å². The smallest absolute Gasteiger partial charge is 0.249 e. The molecule has 116 valence electrons. The van der Waals surface area contributed by atoms with Gasteiger partial charge in [-0.2, -0.15) is 0 Å². The first-order chi connectivity index (χ1) is 10.3. The van der Waals surface area contributed by atoms with E-state index in [0.717, 1.165) is 5.56 Å². The number of carbonyl (C=O) groups is 1. The molecule has 0 aliphatic heterocycles. The van der Waals surface area contributed by atoms with Crippen LogP contribution in [0.25, 0.3) is 0 Å². The normalized spacial score (nSPS) is 12.8. The van der Waals surface area contributed by atoms with E-state index in [9.17, 15) is 13.2 Å². The fourth-order valence-electron chi connectivity index (χ4n) is 2.14. The van der Waals surface area contributed by atoms with Gasteiger partial charge in [0, 0.05) is 11.6 Å². The zero-order valence-electron chi connectivity index (χ0n) is 12.4. The Balaban J connectivity index is 2.31. The molecule has 0 saturated carbocycles. The van der Waals surface area contributed by atoms with E-state index in [1.165, 1.54) is 12.1 Å². The fourth-order valence-corrected chi connectivity index (χ4v) is 3.40. The van der Waals surface area contributed by atoms with Crippen LogP contribution in [0.2, 0.25) is 0 Å². The predicted octanol–water partition coefficient (Wildman–Crippen LogP) is 2.13.